The Hall–Kier alpha value is -0.480. The summed E-state index contributed by atoms with van der Waals surface area (Å²) in [6.07, 6.45) is 2.71. The quantitative estimate of drug-likeness (QED) is 0.775. The van der Waals surface area contributed by atoms with Gasteiger partial charge in [0.1, 0.15) is 5.82 Å². The number of imidazole rings is 1. The molecule has 0 radical (unpaired) electrons. The van der Waals surface area contributed by atoms with Crippen molar-refractivity contribution in [1.29, 1.82) is 0 Å². The molecule has 1 aliphatic heterocycles. The van der Waals surface area contributed by atoms with Crippen LogP contribution in [-0.2, 0) is 11.2 Å². The molecule has 0 bridgehead atoms. The van der Waals surface area contributed by atoms with Gasteiger partial charge in [-0.15, -0.1) is 11.6 Å². The smallest absolute Gasteiger partial charge is 0.111 e. The van der Waals surface area contributed by atoms with Crippen molar-refractivity contribution in [3.05, 3.63) is 28.0 Å². The fourth-order valence-corrected chi connectivity index (χ4v) is 3.24. The van der Waals surface area contributed by atoms with Gasteiger partial charge in [0, 0.05) is 31.6 Å². The molecule has 1 aromatic carbocycles. The van der Waals surface area contributed by atoms with E-state index in [9.17, 15) is 0 Å². The molecule has 2 heterocycles. The van der Waals surface area contributed by atoms with Gasteiger partial charge in [0.15, 0.2) is 0 Å². The van der Waals surface area contributed by atoms with Gasteiger partial charge in [0.2, 0.25) is 0 Å². The molecule has 0 amide bonds. The molecule has 1 aliphatic rings. The highest BCUT2D eigenvalue weighted by Crippen LogP contribution is 2.33. The minimum Gasteiger partial charge on any atom is -0.381 e. The van der Waals surface area contributed by atoms with Crippen LogP contribution in [0.4, 0.5) is 0 Å². The molecule has 0 atom stereocenters. The maximum Gasteiger partial charge on any atom is 0.111 e. The number of benzene rings is 1. The van der Waals surface area contributed by atoms with Gasteiger partial charge in [-0.3, -0.25) is 0 Å². The number of rotatable bonds is 3. The first-order chi connectivity index (χ1) is 9.70. The van der Waals surface area contributed by atoms with Crippen LogP contribution in [-0.4, -0.2) is 28.6 Å². The van der Waals surface area contributed by atoms with Gasteiger partial charge in [-0.25, -0.2) is 4.98 Å². The molecule has 3 rings (SSSR count). The van der Waals surface area contributed by atoms with Crippen molar-refractivity contribution in [2.45, 2.75) is 25.3 Å². The summed E-state index contributed by atoms with van der Waals surface area (Å²) in [5.41, 5.74) is 1.91. The third kappa shape index (κ3) is 2.64. The first kappa shape index (κ1) is 14.5. The van der Waals surface area contributed by atoms with E-state index in [1.807, 2.05) is 12.1 Å². The van der Waals surface area contributed by atoms with Gasteiger partial charge < -0.3 is 9.30 Å². The number of ether oxygens (including phenoxy) is 1. The third-order valence-corrected chi connectivity index (χ3v) is 4.59. The Morgan fingerprint density at radius 3 is 2.60 bits per heavy atom. The van der Waals surface area contributed by atoms with E-state index in [0.717, 1.165) is 49.3 Å². The number of halogens is 3. The SMILES string of the molecule is ClCCc1nc2cc(Cl)c(Cl)cc2n1C1CCOCC1. The molecule has 0 saturated carbocycles. The monoisotopic (exact) mass is 332 g/mol. The minimum absolute atomic E-state index is 0.393. The van der Waals surface area contributed by atoms with E-state index in [1.54, 1.807) is 0 Å². The number of fused-ring (bicyclic) bond motifs is 1. The zero-order chi connectivity index (χ0) is 14.1. The van der Waals surface area contributed by atoms with Crippen molar-refractivity contribution >= 4 is 45.8 Å². The van der Waals surface area contributed by atoms with Crippen LogP contribution >= 0.6 is 34.8 Å². The highest BCUT2D eigenvalue weighted by atomic mass is 35.5. The van der Waals surface area contributed by atoms with Crippen LogP contribution in [0.2, 0.25) is 10.0 Å². The minimum atomic E-state index is 0.393. The van der Waals surface area contributed by atoms with Gasteiger partial charge in [-0.05, 0) is 25.0 Å². The first-order valence-corrected chi connectivity index (χ1v) is 7.99. The average molecular weight is 334 g/mol. The molecule has 1 saturated heterocycles. The molecule has 1 aromatic heterocycles. The van der Waals surface area contributed by atoms with E-state index in [2.05, 4.69) is 9.55 Å². The second-order valence-electron chi connectivity index (χ2n) is 4.94. The van der Waals surface area contributed by atoms with E-state index in [0.29, 0.717) is 22.0 Å². The highest BCUT2D eigenvalue weighted by molar-refractivity contribution is 6.42. The Bertz CT molecular complexity index is 620. The maximum atomic E-state index is 6.16. The summed E-state index contributed by atoms with van der Waals surface area (Å²) in [6.45, 7) is 1.57. The molecule has 1 fully saturated rings. The Balaban J connectivity index is 2.14. The van der Waals surface area contributed by atoms with Crippen molar-refractivity contribution in [2.75, 3.05) is 19.1 Å². The van der Waals surface area contributed by atoms with E-state index in [-0.39, 0.29) is 0 Å². The summed E-state index contributed by atoms with van der Waals surface area (Å²) in [5.74, 6) is 1.55. The number of aromatic nitrogens is 2. The molecule has 6 heteroatoms. The van der Waals surface area contributed by atoms with Crippen molar-refractivity contribution < 1.29 is 4.74 Å². The third-order valence-electron chi connectivity index (χ3n) is 3.68. The van der Waals surface area contributed by atoms with Gasteiger partial charge in [-0.1, -0.05) is 23.2 Å². The van der Waals surface area contributed by atoms with Crippen molar-refractivity contribution in [2.24, 2.45) is 0 Å². The summed E-state index contributed by atoms with van der Waals surface area (Å²) in [7, 11) is 0. The molecule has 20 heavy (non-hydrogen) atoms. The van der Waals surface area contributed by atoms with Gasteiger partial charge in [0.05, 0.1) is 21.1 Å². The second-order valence-corrected chi connectivity index (χ2v) is 6.13. The first-order valence-electron chi connectivity index (χ1n) is 6.70. The van der Waals surface area contributed by atoms with Gasteiger partial charge in [0.25, 0.3) is 0 Å². The molecular weight excluding hydrogens is 319 g/mol. The van der Waals surface area contributed by atoms with Gasteiger partial charge >= 0.3 is 0 Å². The number of hydrogen-bond donors (Lipinski definition) is 0. The second kappa shape index (κ2) is 6.10. The number of hydrogen-bond acceptors (Lipinski definition) is 2. The molecule has 3 nitrogen and oxygen atoms in total. The Morgan fingerprint density at radius 2 is 1.90 bits per heavy atom. The summed E-state index contributed by atoms with van der Waals surface area (Å²) < 4.78 is 7.71. The van der Waals surface area contributed by atoms with Crippen LogP contribution in [0.1, 0.15) is 24.7 Å². The molecular formula is C14H15Cl3N2O. The van der Waals surface area contributed by atoms with E-state index < -0.39 is 0 Å². The lowest BCUT2D eigenvalue weighted by molar-refractivity contribution is 0.0699. The summed E-state index contributed by atoms with van der Waals surface area (Å²) in [5, 5.41) is 1.10. The molecule has 0 aliphatic carbocycles. The fraction of sp³-hybridized carbons (Fsp3) is 0.500. The standard InChI is InChI=1S/C14H15Cl3N2O/c15-4-1-14-18-12-7-10(16)11(17)8-13(12)19(14)9-2-5-20-6-3-9/h7-9H,1-6H2. The molecule has 0 spiro atoms. The summed E-state index contributed by atoms with van der Waals surface area (Å²) >= 11 is 18.2. The topological polar surface area (TPSA) is 27.1 Å². The highest BCUT2D eigenvalue weighted by Gasteiger charge is 2.22. The zero-order valence-electron chi connectivity index (χ0n) is 10.9. The van der Waals surface area contributed by atoms with Crippen LogP contribution in [0.3, 0.4) is 0 Å². The lowest BCUT2D eigenvalue weighted by atomic mass is 10.1. The maximum absolute atomic E-state index is 6.16. The van der Waals surface area contributed by atoms with Crippen molar-refractivity contribution in [3.8, 4) is 0 Å². The van der Waals surface area contributed by atoms with Gasteiger partial charge in [-0.2, -0.15) is 0 Å². The van der Waals surface area contributed by atoms with E-state index >= 15 is 0 Å². The Labute approximate surface area is 132 Å². The molecule has 0 unspecified atom stereocenters. The predicted molar refractivity (Wildman–Crippen MR) is 83.3 cm³/mol. The van der Waals surface area contributed by atoms with E-state index in [1.165, 1.54) is 0 Å². The molecule has 2 aromatic rings. The lowest BCUT2D eigenvalue weighted by Gasteiger charge is -2.25. The van der Waals surface area contributed by atoms with Crippen LogP contribution in [0.15, 0.2) is 12.1 Å². The Kier molecular flexibility index (Phi) is 4.41. The molecule has 108 valence electrons. The number of alkyl halides is 1. The fourth-order valence-electron chi connectivity index (χ4n) is 2.75. The van der Waals surface area contributed by atoms with Crippen LogP contribution in [0, 0.1) is 0 Å². The zero-order valence-corrected chi connectivity index (χ0v) is 13.2. The average Bonchev–Trinajstić information content (AvgIpc) is 2.78. The predicted octanol–water partition coefficient (Wildman–Crippen LogP) is 4.48. The molecule has 0 N–H and O–H groups in total. The van der Waals surface area contributed by atoms with E-state index in [4.69, 9.17) is 39.5 Å². The van der Waals surface area contributed by atoms with Crippen molar-refractivity contribution in [3.63, 3.8) is 0 Å². The van der Waals surface area contributed by atoms with Crippen molar-refractivity contribution in [1.82, 2.24) is 9.55 Å². The summed E-state index contributed by atoms with van der Waals surface area (Å²) in [4.78, 5) is 4.67. The summed E-state index contributed by atoms with van der Waals surface area (Å²) in [6, 6.07) is 4.12. The Morgan fingerprint density at radius 1 is 1.20 bits per heavy atom. The lowest BCUT2D eigenvalue weighted by Crippen LogP contribution is -2.21. The van der Waals surface area contributed by atoms with Crippen LogP contribution in [0.5, 0.6) is 0 Å². The van der Waals surface area contributed by atoms with Crippen LogP contribution in [0.25, 0.3) is 11.0 Å². The van der Waals surface area contributed by atoms with Crippen LogP contribution < -0.4 is 0 Å². The number of aryl methyl sites for hydroxylation is 1. The normalized spacial score (nSPS) is 16.9. The largest absolute Gasteiger partial charge is 0.381 e. The number of nitrogens with zero attached hydrogens (tertiary/aromatic N) is 2.